The number of nitrogens with zero attached hydrogens (tertiary/aromatic N) is 2. The van der Waals surface area contributed by atoms with Gasteiger partial charge in [-0.15, -0.1) is 5.10 Å². The van der Waals surface area contributed by atoms with Gasteiger partial charge in [0, 0.05) is 12.6 Å². The lowest BCUT2D eigenvalue weighted by Crippen LogP contribution is -2.10. The molecule has 2 rings (SSSR count). The van der Waals surface area contributed by atoms with Crippen LogP contribution in [0.1, 0.15) is 16.8 Å². The highest BCUT2D eigenvalue weighted by Crippen LogP contribution is 2.26. The van der Waals surface area contributed by atoms with Gasteiger partial charge in [-0.2, -0.15) is 5.10 Å². The summed E-state index contributed by atoms with van der Waals surface area (Å²) in [6, 6.07) is 9.42. The van der Waals surface area contributed by atoms with Gasteiger partial charge in [0.1, 0.15) is 0 Å². The first-order valence-corrected chi connectivity index (χ1v) is 5.87. The molecule has 0 radical (unpaired) electrons. The molecule has 0 amide bonds. The fraction of sp³-hybridized carbons (Fsp3) is 0.154. The average Bonchev–Trinajstić information content (AvgIpc) is 2.42. The molecule has 0 aliphatic carbocycles. The molecule has 0 bridgehead atoms. The van der Waals surface area contributed by atoms with Crippen LogP contribution >= 0.6 is 11.6 Å². The van der Waals surface area contributed by atoms with Crippen LogP contribution in [0.2, 0.25) is 5.02 Å². The van der Waals surface area contributed by atoms with Gasteiger partial charge >= 0.3 is 0 Å². The first kappa shape index (κ1) is 12.5. The molecule has 2 N–H and O–H groups in total. The minimum Gasteiger partial charge on any atom is -0.371 e. The van der Waals surface area contributed by atoms with Gasteiger partial charge in [0.25, 0.3) is 0 Å². The Morgan fingerprint density at radius 3 is 2.50 bits per heavy atom. The van der Waals surface area contributed by atoms with Gasteiger partial charge < -0.3 is 5.32 Å². The van der Waals surface area contributed by atoms with E-state index in [1.54, 1.807) is 14.0 Å². The molecule has 1 aromatic carbocycles. The zero-order valence-electron chi connectivity index (χ0n) is 10.2. The molecule has 0 saturated carbocycles. The van der Waals surface area contributed by atoms with Crippen molar-refractivity contribution >= 4 is 23.1 Å². The lowest BCUT2D eigenvalue weighted by molar-refractivity contribution is 0.978. The fourth-order valence-electron chi connectivity index (χ4n) is 1.66. The smallest absolute Gasteiger partial charge is 0.159 e. The maximum absolute atomic E-state index is 8.26. The van der Waals surface area contributed by atoms with E-state index < -0.39 is 0 Å². The van der Waals surface area contributed by atoms with Gasteiger partial charge in [0.05, 0.1) is 22.0 Å². The third-order valence-corrected chi connectivity index (χ3v) is 3.09. The third-order valence-electron chi connectivity index (χ3n) is 2.62. The number of benzene rings is 1. The number of halogens is 1. The zero-order valence-corrected chi connectivity index (χ0v) is 10.9. The van der Waals surface area contributed by atoms with Crippen molar-refractivity contribution in [2.45, 2.75) is 6.92 Å². The molecule has 18 heavy (non-hydrogen) atoms. The van der Waals surface area contributed by atoms with Gasteiger partial charge in [-0.1, -0.05) is 41.9 Å². The summed E-state index contributed by atoms with van der Waals surface area (Å²) >= 11 is 6.24. The molecule has 0 spiro atoms. The summed E-state index contributed by atoms with van der Waals surface area (Å²) in [7, 11) is 1.73. The second-order valence-corrected chi connectivity index (χ2v) is 4.19. The van der Waals surface area contributed by atoms with E-state index in [1.165, 1.54) is 0 Å². The van der Waals surface area contributed by atoms with Crippen molar-refractivity contribution < 1.29 is 0 Å². The van der Waals surface area contributed by atoms with E-state index >= 15 is 0 Å². The van der Waals surface area contributed by atoms with Crippen molar-refractivity contribution in [2.75, 3.05) is 12.4 Å². The Morgan fingerprint density at radius 2 is 1.89 bits per heavy atom. The van der Waals surface area contributed by atoms with Crippen LogP contribution in [-0.2, 0) is 0 Å². The third kappa shape index (κ3) is 2.19. The molecule has 0 atom stereocenters. The Labute approximate surface area is 111 Å². The number of hydrogen-bond donors (Lipinski definition) is 2. The summed E-state index contributed by atoms with van der Waals surface area (Å²) in [6.07, 6.45) is 0. The summed E-state index contributed by atoms with van der Waals surface area (Å²) in [5.41, 5.74) is 2.33. The number of rotatable bonds is 3. The molecule has 0 saturated heterocycles. The van der Waals surface area contributed by atoms with E-state index in [0.29, 0.717) is 27.8 Å². The van der Waals surface area contributed by atoms with E-state index in [2.05, 4.69) is 15.5 Å². The lowest BCUT2D eigenvalue weighted by Gasteiger charge is -2.12. The molecular weight excluding hydrogens is 248 g/mol. The van der Waals surface area contributed by atoms with Gasteiger partial charge in [-0.3, -0.25) is 5.41 Å². The Hall–Kier alpha value is -1.94. The molecule has 0 aliphatic rings. The predicted octanol–water partition coefficient (Wildman–Crippen LogP) is 2.90. The van der Waals surface area contributed by atoms with Crippen LogP contribution in [0.3, 0.4) is 0 Å². The number of hydrogen-bond acceptors (Lipinski definition) is 4. The van der Waals surface area contributed by atoms with Crippen molar-refractivity contribution in [2.24, 2.45) is 0 Å². The quantitative estimate of drug-likeness (QED) is 0.834. The molecule has 1 heterocycles. The highest BCUT2D eigenvalue weighted by Gasteiger charge is 2.17. The summed E-state index contributed by atoms with van der Waals surface area (Å²) in [4.78, 5) is 0. The summed E-state index contributed by atoms with van der Waals surface area (Å²) in [6.45, 7) is 1.77. The highest BCUT2D eigenvalue weighted by molar-refractivity contribution is 6.36. The van der Waals surface area contributed by atoms with Crippen LogP contribution in [0.4, 0.5) is 5.82 Å². The number of aromatic nitrogens is 2. The highest BCUT2D eigenvalue weighted by atomic mass is 35.5. The van der Waals surface area contributed by atoms with E-state index in [0.717, 1.165) is 5.56 Å². The minimum absolute atomic E-state index is 0.336. The van der Waals surface area contributed by atoms with Crippen molar-refractivity contribution in [3.8, 4) is 0 Å². The Balaban J connectivity index is 2.57. The van der Waals surface area contributed by atoms with Crippen LogP contribution in [0, 0.1) is 12.3 Å². The van der Waals surface area contributed by atoms with E-state index in [-0.39, 0.29) is 0 Å². The van der Waals surface area contributed by atoms with Crippen molar-refractivity contribution in [3.05, 3.63) is 52.2 Å². The molecule has 92 valence electrons. The predicted molar refractivity (Wildman–Crippen MR) is 73.7 cm³/mol. The normalized spacial score (nSPS) is 10.2. The van der Waals surface area contributed by atoms with E-state index in [4.69, 9.17) is 17.0 Å². The lowest BCUT2D eigenvalue weighted by atomic mass is 10.0. The topological polar surface area (TPSA) is 61.7 Å². The average molecular weight is 261 g/mol. The van der Waals surface area contributed by atoms with Crippen molar-refractivity contribution in [1.29, 1.82) is 5.41 Å². The summed E-state index contributed by atoms with van der Waals surface area (Å²) < 4.78 is 0. The minimum atomic E-state index is 0.336. The largest absolute Gasteiger partial charge is 0.371 e. The molecule has 0 aliphatic heterocycles. The molecule has 4 nitrogen and oxygen atoms in total. The van der Waals surface area contributed by atoms with Gasteiger partial charge in [0.2, 0.25) is 0 Å². The Kier molecular flexibility index (Phi) is 3.58. The summed E-state index contributed by atoms with van der Waals surface area (Å²) in [5.74, 6) is 0.513. The van der Waals surface area contributed by atoms with Crippen molar-refractivity contribution in [1.82, 2.24) is 10.2 Å². The van der Waals surface area contributed by atoms with Crippen LogP contribution in [0.25, 0.3) is 0 Å². The molecule has 2 aromatic rings. The van der Waals surface area contributed by atoms with E-state index in [9.17, 15) is 0 Å². The number of aryl methyl sites for hydroxylation is 1. The number of nitrogens with one attached hydrogen (secondary N) is 2. The van der Waals surface area contributed by atoms with Crippen LogP contribution < -0.4 is 5.32 Å². The first-order chi connectivity index (χ1) is 8.65. The van der Waals surface area contributed by atoms with Gasteiger partial charge in [-0.05, 0) is 6.92 Å². The van der Waals surface area contributed by atoms with Gasteiger partial charge in [-0.25, -0.2) is 0 Å². The second kappa shape index (κ2) is 5.14. The molecule has 0 unspecified atom stereocenters. The zero-order chi connectivity index (χ0) is 13.1. The SMILES string of the molecule is CNc1nnc(C)c(Cl)c1C(=N)c1ccccc1. The maximum atomic E-state index is 8.26. The summed E-state index contributed by atoms with van der Waals surface area (Å²) in [5, 5.41) is 19.6. The Morgan fingerprint density at radius 1 is 1.22 bits per heavy atom. The van der Waals surface area contributed by atoms with Gasteiger partial charge in [0.15, 0.2) is 5.82 Å². The first-order valence-electron chi connectivity index (χ1n) is 5.50. The van der Waals surface area contributed by atoms with Crippen LogP contribution in [0.5, 0.6) is 0 Å². The van der Waals surface area contributed by atoms with E-state index in [1.807, 2.05) is 30.3 Å². The van der Waals surface area contributed by atoms with Crippen molar-refractivity contribution in [3.63, 3.8) is 0 Å². The monoisotopic (exact) mass is 260 g/mol. The van der Waals surface area contributed by atoms with Crippen LogP contribution in [0.15, 0.2) is 30.3 Å². The molecular formula is C13H13ClN4. The Bertz CT molecular complexity index is 581. The molecule has 1 aromatic heterocycles. The number of anilines is 1. The maximum Gasteiger partial charge on any atom is 0.159 e. The fourth-order valence-corrected chi connectivity index (χ4v) is 1.88. The second-order valence-electron chi connectivity index (χ2n) is 3.81. The molecule has 0 fully saturated rings. The van der Waals surface area contributed by atoms with Crippen LogP contribution in [-0.4, -0.2) is 23.0 Å². The molecule has 5 heteroatoms. The standard InChI is InChI=1S/C13H13ClN4/c1-8-11(14)10(13(16-2)18-17-8)12(15)9-6-4-3-5-7-9/h3-7,15H,1-2H3,(H,16,18).